The summed E-state index contributed by atoms with van der Waals surface area (Å²) in [5.74, 6) is 7.18. The molecule has 2 atom stereocenters. The molecule has 5 rings (SSSR count). The third kappa shape index (κ3) is 4.69. The molecular formula is C24H27ClN8OS. The molecule has 182 valence electrons. The molecule has 2 fully saturated rings. The van der Waals surface area contributed by atoms with Gasteiger partial charge in [0.05, 0.1) is 30.1 Å². The van der Waals surface area contributed by atoms with E-state index >= 15 is 0 Å². The molecule has 11 heteroatoms. The van der Waals surface area contributed by atoms with Crippen LogP contribution in [0.2, 0.25) is 5.02 Å². The van der Waals surface area contributed by atoms with Crippen LogP contribution in [0.3, 0.4) is 0 Å². The van der Waals surface area contributed by atoms with Crippen molar-refractivity contribution in [2.45, 2.75) is 41.8 Å². The Morgan fingerprint density at radius 1 is 1.20 bits per heavy atom. The van der Waals surface area contributed by atoms with Crippen molar-refractivity contribution in [3.63, 3.8) is 0 Å². The molecule has 3 aromatic rings. The van der Waals surface area contributed by atoms with E-state index in [1.165, 1.54) is 11.8 Å². The fourth-order valence-corrected chi connectivity index (χ4v) is 5.64. The number of nitrogens with zero attached hydrogens (tertiary/aromatic N) is 6. The molecule has 1 spiro atoms. The van der Waals surface area contributed by atoms with Gasteiger partial charge >= 0.3 is 0 Å². The average molecular weight is 511 g/mol. The molecule has 0 aromatic carbocycles. The molecule has 9 nitrogen and oxygen atoms in total. The van der Waals surface area contributed by atoms with Crippen molar-refractivity contribution in [2.75, 3.05) is 30.3 Å². The molecule has 4 N–H and O–H groups in total. The average Bonchev–Trinajstić information content (AvgIpc) is 3.39. The van der Waals surface area contributed by atoms with Crippen molar-refractivity contribution < 1.29 is 4.74 Å². The summed E-state index contributed by atoms with van der Waals surface area (Å²) in [5.41, 5.74) is 14.0. The second kappa shape index (κ2) is 9.66. The molecule has 2 aliphatic rings. The number of ether oxygens (including phenoxy) is 1. The van der Waals surface area contributed by atoms with Crippen molar-refractivity contribution in [3.8, 4) is 11.8 Å². The summed E-state index contributed by atoms with van der Waals surface area (Å²) < 4.78 is 7.52. The maximum atomic E-state index is 6.60. The van der Waals surface area contributed by atoms with Gasteiger partial charge in [-0.15, -0.1) is 0 Å². The molecular weight excluding hydrogens is 484 g/mol. The first kappa shape index (κ1) is 23.9. The number of nitrogens with two attached hydrogens (primary N) is 2. The number of hydrogen-bond donors (Lipinski definition) is 2. The van der Waals surface area contributed by atoms with Gasteiger partial charge < -0.3 is 21.1 Å². The molecule has 0 radical (unpaired) electrons. The third-order valence-electron chi connectivity index (χ3n) is 6.87. The zero-order valence-corrected chi connectivity index (χ0v) is 21.2. The summed E-state index contributed by atoms with van der Waals surface area (Å²) in [5, 5.41) is 5.14. The number of aryl methyl sites for hydroxylation is 1. The Labute approximate surface area is 213 Å². The fraction of sp³-hybridized carbons (Fsp3) is 0.417. The third-order valence-corrected chi connectivity index (χ3v) is 8.43. The van der Waals surface area contributed by atoms with Crippen molar-refractivity contribution in [3.05, 3.63) is 47.1 Å². The molecule has 0 aliphatic carbocycles. The number of anilines is 2. The van der Waals surface area contributed by atoms with E-state index in [2.05, 4.69) is 43.7 Å². The summed E-state index contributed by atoms with van der Waals surface area (Å²) in [6, 6.07) is 3.72. The molecule has 0 amide bonds. The van der Waals surface area contributed by atoms with Gasteiger partial charge in [0.1, 0.15) is 22.2 Å². The van der Waals surface area contributed by atoms with Gasteiger partial charge in [0.15, 0.2) is 5.82 Å². The number of rotatable bonds is 3. The Morgan fingerprint density at radius 2 is 2.00 bits per heavy atom. The minimum Gasteiger partial charge on any atom is -0.381 e. The number of nitrogen functional groups attached to an aromatic ring is 1. The smallest absolute Gasteiger partial charge is 0.158 e. The number of hydrogen-bond acceptors (Lipinski definition) is 9. The predicted molar refractivity (Wildman–Crippen MR) is 136 cm³/mol. The normalized spacial score (nSPS) is 21.2. The van der Waals surface area contributed by atoms with Crippen LogP contribution in [0.4, 0.5) is 11.6 Å². The van der Waals surface area contributed by atoms with Crippen molar-refractivity contribution in [1.29, 1.82) is 0 Å². The van der Waals surface area contributed by atoms with Gasteiger partial charge in [-0.3, -0.25) is 4.68 Å². The topological polar surface area (TPSA) is 121 Å². The van der Waals surface area contributed by atoms with Gasteiger partial charge in [-0.25, -0.2) is 15.0 Å². The standard InChI is InChI=1S/C24H27ClN8OS/c1-15-21(26)24(14-34-15)7-11-33(12-8-24)19-13-29-23(22(27)31-19)35-18-6-9-28-17(20(18)25)4-3-16-5-10-30-32(16)2/h5-6,9-10,13,15,21H,7-8,11-12,14,26H2,1-2H3,(H2,27,31)/t15-,21+/m0/s1. The van der Waals surface area contributed by atoms with E-state index in [9.17, 15) is 0 Å². The Hall–Kier alpha value is -2.84. The van der Waals surface area contributed by atoms with Crippen LogP contribution in [-0.4, -0.2) is 56.6 Å². The lowest BCUT2D eigenvalue weighted by Crippen LogP contribution is -2.50. The lowest BCUT2D eigenvalue weighted by Gasteiger charge is -2.41. The highest BCUT2D eigenvalue weighted by atomic mass is 35.5. The number of piperidine rings is 1. The van der Waals surface area contributed by atoms with Crippen molar-refractivity contribution >= 4 is 35.0 Å². The van der Waals surface area contributed by atoms with Gasteiger partial charge in [-0.1, -0.05) is 23.4 Å². The van der Waals surface area contributed by atoms with Crippen LogP contribution < -0.4 is 16.4 Å². The first-order valence-corrected chi connectivity index (χ1v) is 12.6. The molecule has 5 heterocycles. The second-order valence-electron chi connectivity index (χ2n) is 8.97. The monoisotopic (exact) mass is 510 g/mol. The van der Waals surface area contributed by atoms with E-state index in [4.69, 9.17) is 27.8 Å². The van der Waals surface area contributed by atoms with Crippen LogP contribution in [0.25, 0.3) is 0 Å². The molecule has 3 aromatic heterocycles. The molecule has 35 heavy (non-hydrogen) atoms. The first-order valence-electron chi connectivity index (χ1n) is 11.4. The van der Waals surface area contributed by atoms with E-state index < -0.39 is 0 Å². The largest absolute Gasteiger partial charge is 0.381 e. The highest BCUT2D eigenvalue weighted by molar-refractivity contribution is 7.99. The van der Waals surface area contributed by atoms with Gasteiger partial charge in [-0.05, 0) is 43.7 Å². The Kier molecular flexibility index (Phi) is 6.59. The van der Waals surface area contributed by atoms with Gasteiger partial charge in [-0.2, -0.15) is 5.10 Å². The zero-order valence-electron chi connectivity index (χ0n) is 19.6. The summed E-state index contributed by atoms with van der Waals surface area (Å²) in [7, 11) is 1.83. The van der Waals surface area contributed by atoms with E-state index in [-0.39, 0.29) is 17.6 Å². The van der Waals surface area contributed by atoms with Crippen molar-refractivity contribution in [1.82, 2.24) is 24.7 Å². The lowest BCUT2D eigenvalue weighted by molar-refractivity contribution is 0.0974. The molecule has 0 saturated carbocycles. The van der Waals surface area contributed by atoms with Crippen LogP contribution in [0, 0.1) is 17.3 Å². The van der Waals surface area contributed by atoms with E-state index in [0.717, 1.165) is 48.9 Å². The van der Waals surface area contributed by atoms with Gasteiger partial charge in [0.25, 0.3) is 0 Å². The highest BCUT2D eigenvalue weighted by Crippen LogP contribution is 2.42. The minimum atomic E-state index is 0.0557. The SMILES string of the molecule is C[C@@H]1OCC2(CCN(c3cnc(Sc4ccnc(C#Cc5ccnn5C)c4Cl)c(N)n3)CC2)[C@@H]1N. The number of aromatic nitrogens is 5. The highest BCUT2D eigenvalue weighted by Gasteiger charge is 2.47. The van der Waals surface area contributed by atoms with E-state index in [1.54, 1.807) is 23.3 Å². The quantitative estimate of drug-likeness (QED) is 0.512. The zero-order chi connectivity index (χ0) is 24.6. The summed E-state index contributed by atoms with van der Waals surface area (Å²) >= 11 is 7.94. The number of halogens is 1. The molecule has 0 unspecified atom stereocenters. The predicted octanol–water partition coefficient (Wildman–Crippen LogP) is 2.72. The Bertz CT molecular complexity index is 1290. The molecule has 0 bridgehead atoms. The van der Waals surface area contributed by atoms with Gasteiger partial charge in [0, 0.05) is 42.7 Å². The van der Waals surface area contributed by atoms with E-state index in [0.29, 0.717) is 21.6 Å². The summed E-state index contributed by atoms with van der Waals surface area (Å²) in [6.07, 6.45) is 7.16. The fourth-order valence-electron chi connectivity index (χ4n) is 4.58. The molecule has 2 saturated heterocycles. The van der Waals surface area contributed by atoms with Crippen LogP contribution in [0.1, 0.15) is 31.2 Å². The lowest BCUT2D eigenvalue weighted by atomic mass is 9.73. The van der Waals surface area contributed by atoms with Crippen LogP contribution in [0.5, 0.6) is 0 Å². The van der Waals surface area contributed by atoms with Gasteiger partial charge in [0.2, 0.25) is 0 Å². The first-order chi connectivity index (χ1) is 16.9. The van der Waals surface area contributed by atoms with Crippen molar-refractivity contribution in [2.24, 2.45) is 18.2 Å². The maximum Gasteiger partial charge on any atom is 0.158 e. The number of pyridine rings is 1. The second-order valence-corrected chi connectivity index (χ2v) is 10.4. The van der Waals surface area contributed by atoms with Crippen LogP contribution >= 0.6 is 23.4 Å². The van der Waals surface area contributed by atoms with E-state index in [1.807, 2.05) is 19.2 Å². The summed E-state index contributed by atoms with van der Waals surface area (Å²) in [6.45, 7) is 4.48. The molecule has 2 aliphatic heterocycles. The van der Waals surface area contributed by atoms with Crippen LogP contribution in [-0.2, 0) is 11.8 Å². The Balaban J connectivity index is 1.29. The Morgan fingerprint density at radius 3 is 2.66 bits per heavy atom. The minimum absolute atomic E-state index is 0.0557. The van der Waals surface area contributed by atoms with Crippen LogP contribution in [0.15, 0.2) is 40.6 Å². The summed E-state index contributed by atoms with van der Waals surface area (Å²) in [4.78, 5) is 16.5. The maximum absolute atomic E-state index is 6.60.